The molecule has 0 spiro atoms. The van der Waals surface area contributed by atoms with Crippen molar-refractivity contribution in [2.45, 2.75) is 37.8 Å². The number of rotatable bonds is 2. The Bertz CT molecular complexity index is 261. The van der Waals surface area contributed by atoms with E-state index in [-0.39, 0.29) is 0 Å². The van der Waals surface area contributed by atoms with E-state index in [4.69, 9.17) is 0 Å². The number of allylic oxidation sites excluding steroid dienone is 1. The Morgan fingerprint density at radius 3 is 3.13 bits per heavy atom. The molecule has 0 aromatic carbocycles. The standard InChI is InChI=1S/C13H22N2/c1-15-7-3-5-11(9-15)14-13-8-10-4-2-6-12(10)13/h2,6,10-14H,3-5,7-9H2,1H3. The molecule has 1 saturated carbocycles. The number of likely N-dealkylation sites (N-methyl/N-ethyl adjacent to an activating group) is 1. The number of fused-ring (bicyclic) bond motifs is 1. The van der Waals surface area contributed by atoms with Crippen LogP contribution in [0.25, 0.3) is 0 Å². The van der Waals surface area contributed by atoms with Crippen molar-refractivity contribution in [2.24, 2.45) is 11.8 Å². The fraction of sp³-hybridized carbons (Fsp3) is 0.846. The summed E-state index contributed by atoms with van der Waals surface area (Å²) in [6.45, 7) is 2.53. The molecule has 3 rings (SSSR count). The van der Waals surface area contributed by atoms with Crippen LogP contribution in [0.15, 0.2) is 12.2 Å². The number of hydrogen-bond acceptors (Lipinski definition) is 2. The zero-order valence-corrected chi connectivity index (χ0v) is 9.65. The van der Waals surface area contributed by atoms with Crippen LogP contribution >= 0.6 is 0 Å². The Morgan fingerprint density at radius 1 is 1.40 bits per heavy atom. The van der Waals surface area contributed by atoms with E-state index in [2.05, 4.69) is 29.4 Å². The van der Waals surface area contributed by atoms with Gasteiger partial charge in [0.25, 0.3) is 0 Å². The van der Waals surface area contributed by atoms with Gasteiger partial charge < -0.3 is 10.2 Å². The van der Waals surface area contributed by atoms with Crippen LogP contribution in [-0.4, -0.2) is 37.1 Å². The van der Waals surface area contributed by atoms with E-state index < -0.39 is 0 Å². The molecular weight excluding hydrogens is 184 g/mol. The molecule has 0 aromatic heterocycles. The molecule has 1 aliphatic heterocycles. The summed E-state index contributed by atoms with van der Waals surface area (Å²) in [5, 5.41) is 3.86. The van der Waals surface area contributed by atoms with Crippen LogP contribution in [0.1, 0.15) is 25.7 Å². The van der Waals surface area contributed by atoms with Crippen LogP contribution in [0.5, 0.6) is 0 Å². The Balaban J connectivity index is 1.51. The summed E-state index contributed by atoms with van der Waals surface area (Å²) in [6.07, 6.45) is 10.3. The van der Waals surface area contributed by atoms with E-state index in [0.717, 1.165) is 23.9 Å². The molecule has 1 heterocycles. The van der Waals surface area contributed by atoms with Crippen LogP contribution in [0.3, 0.4) is 0 Å². The van der Waals surface area contributed by atoms with Gasteiger partial charge in [-0.3, -0.25) is 0 Å². The number of likely N-dealkylation sites (tertiary alicyclic amines) is 1. The van der Waals surface area contributed by atoms with Gasteiger partial charge in [-0.1, -0.05) is 12.2 Å². The van der Waals surface area contributed by atoms with Gasteiger partial charge in [-0.2, -0.15) is 0 Å². The first kappa shape index (κ1) is 9.86. The average molecular weight is 206 g/mol. The second-order valence-electron chi connectivity index (χ2n) is 5.61. The predicted molar refractivity (Wildman–Crippen MR) is 62.8 cm³/mol. The fourth-order valence-corrected chi connectivity index (χ4v) is 3.51. The van der Waals surface area contributed by atoms with Gasteiger partial charge >= 0.3 is 0 Å². The van der Waals surface area contributed by atoms with Gasteiger partial charge in [-0.25, -0.2) is 0 Å². The van der Waals surface area contributed by atoms with Crippen LogP contribution in [0.2, 0.25) is 0 Å². The van der Waals surface area contributed by atoms with E-state index in [1.165, 1.54) is 38.8 Å². The van der Waals surface area contributed by atoms with Crippen LogP contribution < -0.4 is 5.32 Å². The third-order valence-electron chi connectivity index (χ3n) is 4.44. The third-order valence-corrected chi connectivity index (χ3v) is 4.44. The van der Waals surface area contributed by atoms with E-state index in [1.807, 2.05) is 0 Å². The first-order valence-corrected chi connectivity index (χ1v) is 6.44. The van der Waals surface area contributed by atoms with Crippen molar-refractivity contribution in [2.75, 3.05) is 20.1 Å². The molecule has 0 bridgehead atoms. The summed E-state index contributed by atoms with van der Waals surface area (Å²) in [7, 11) is 2.24. The molecule has 1 N–H and O–H groups in total. The average Bonchev–Trinajstić information content (AvgIpc) is 2.56. The van der Waals surface area contributed by atoms with Crippen molar-refractivity contribution in [3.63, 3.8) is 0 Å². The maximum atomic E-state index is 3.86. The maximum Gasteiger partial charge on any atom is 0.0198 e. The Morgan fingerprint density at radius 2 is 2.33 bits per heavy atom. The Kier molecular flexibility index (Phi) is 2.57. The highest BCUT2D eigenvalue weighted by Gasteiger charge is 2.41. The van der Waals surface area contributed by atoms with Gasteiger partial charge in [0.1, 0.15) is 0 Å². The zero-order valence-electron chi connectivity index (χ0n) is 9.65. The smallest absolute Gasteiger partial charge is 0.0198 e. The minimum absolute atomic E-state index is 0.753. The van der Waals surface area contributed by atoms with Gasteiger partial charge in [-0.05, 0) is 51.1 Å². The molecule has 3 aliphatic rings. The molecule has 2 nitrogen and oxygen atoms in total. The summed E-state index contributed by atoms with van der Waals surface area (Å²) in [5.74, 6) is 1.86. The molecule has 4 unspecified atom stereocenters. The van der Waals surface area contributed by atoms with Crippen LogP contribution in [-0.2, 0) is 0 Å². The summed E-state index contributed by atoms with van der Waals surface area (Å²) < 4.78 is 0. The molecule has 2 heteroatoms. The predicted octanol–water partition coefficient (Wildman–Crippen LogP) is 1.63. The summed E-state index contributed by atoms with van der Waals surface area (Å²) >= 11 is 0. The number of piperidine rings is 1. The molecule has 0 aromatic rings. The first-order valence-electron chi connectivity index (χ1n) is 6.44. The van der Waals surface area contributed by atoms with E-state index >= 15 is 0 Å². The van der Waals surface area contributed by atoms with E-state index in [0.29, 0.717) is 0 Å². The zero-order chi connectivity index (χ0) is 10.3. The highest BCUT2D eigenvalue weighted by atomic mass is 15.1. The Labute approximate surface area is 92.7 Å². The van der Waals surface area contributed by atoms with Crippen molar-refractivity contribution in [1.82, 2.24) is 10.2 Å². The van der Waals surface area contributed by atoms with Crippen molar-refractivity contribution >= 4 is 0 Å². The monoisotopic (exact) mass is 206 g/mol. The lowest BCUT2D eigenvalue weighted by Gasteiger charge is -2.44. The lowest BCUT2D eigenvalue weighted by molar-refractivity contribution is 0.125. The van der Waals surface area contributed by atoms with Gasteiger partial charge in [0, 0.05) is 18.6 Å². The second kappa shape index (κ2) is 3.91. The quantitative estimate of drug-likeness (QED) is 0.691. The summed E-state index contributed by atoms with van der Waals surface area (Å²) in [4.78, 5) is 2.46. The lowest BCUT2D eigenvalue weighted by Crippen LogP contribution is -2.55. The maximum absolute atomic E-state index is 3.86. The second-order valence-corrected chi connectivity index (χ2v) is 5.61. The highest BCUT2D eigenvalue weighted by Crippen LogP contribution is 2.42. The third kappa shape index (κ3) is 1.85. The van der Waals surface area contributed by atoms with Crippen molar-refractivity contribution < 1.29 is 0 Å². The fourth-order valence-electron chi connectivity index (χ4n) is 3.51. The Hall–Kier alpha value is -0.340. The van der Waals surface area contributed by atoms with Crippen molar-refractivity contribution in [3.05, 3.63) is 12.2 Å². The molecule has 2 aliphatic carbocycles. The lowest BCUT2D eigenvalue weighted by atomic mass is 9.71. The highest BCUT2D eigenvalue weighted by molar-refractivity contribution is 5.13. The SMILES string of the molecule is CN1CCCC(NC2CC3CC=CC32)C1. The molecule has 84 valence electrons. The molecule has 4 atom stereocenters. The number of hydrogen-bond donors (Lipinski definition) is 1. The number of nitrogens with zero attached hydrogens (tertiary/aromatic N) is 1. The minimum Gasteiger partial charge on any atom is -0.309 e. The van der Waals surface area contributed by atoms with E-state index in [1.54, 1.807) is 0 Å². The normalized spacial score (nSPS) is 45.1. The molecular formula is C13H22N2. The molecule has 0 radical (unpaired) electrons. The largest absolute Gasteiger partial charge is 0.309 e. The van der Waals surface area contributed by atoms with Crippen molar-refractivity contribution in [3.8, 4) is 0 Å². The molecule has 0 amide bonds. The van der Waals surface area contributed by atoms with Crippen LogP contribution in [0.4, 0.5) is 0 Å². The van der Waals surface area contributed by atoms with Gasteiger partial charge in [-0.15, -0.1) is 0 Å². The molecule has 15 heavy (non-hydrogen) atoms. The summed E-state index contributed by atoms with van der Waals surface area (Å²) in [6, 6.07) is 1.55. The van der Waals surface area contributed by atoms with Crippen molar-refractivity contribution in [1.29, 1.82) is 0 Å². The van der Waals surface area contributed by atoms with E-state index in [9.17, 15) is 0 Å². The summed E-state index contributed by atoms with van der Waals surface area (Å²) in [5.41, 5.74) is 0. The molecule has 1 saturated heterocycles. The first-order chi connectivity index (χ1) is 7.33. The number of nitrogens with one attached hydrogen (secondary N) is 1. The molecule has 2 fully saturated rings. The van der Waals surface area contributed by atoms with Gasteiger partial charge in [0.15, 0.2) is 0 Å². The topological polar surface area (TPSA) is 15.3 Å². The van der Waals surface area contributed by atoms with Crippen LogP contribution in [0, 0.1) is 11.8 Å². The minimum atomic E-state index is 0.753. The van der Waals surface area contributed by atoms with Gasteiger partial charge in [0.2, 0.25) is 0 Å². The van der Waals surface area contributed by atoms with Gasteiger partial charge in [0.05, 0.1) is 0 Å².